The van der Waals surface area contributed by atoms with Crippen molar-refractivity contribution in [3.63, 3.8) is 0 Å². The number of imide groups is 2. The zero-order valence-corrected chi connectivity index (χ0v) is 15.0. The number of rotatable bonds is 2. The lowest BCUT2D eigenvalue weighted by Gasteiger charge is -2.47. The number of halogens is 1. The lowest BCUT2D eigenvalue weighted by Crippen LogP contribution is -2.61. The Morgan fingerprint density at radius 2 is 1.79 bits per heavy atom. The molecule has 5 aliphatic heterocycles. The molecule has 0 spiro atoms. The molecule has 0 aromatic heterocycles. The van der Waals surface area contributed by atoms with Gasteiger partial charge in [-0.3, -0.25) is 29.4 Å². The number of carbonyl (C=O) groups excluding carboxylic acids is 4. The molecule has 0 saturated carbocycles. The maximum atomic E-state index is 14.6. The van der Waals surface area contributed by atoms with Crippen molar-refractivity contribution in [2.45, 2.75) is 43.8 Å². The fourth-order valence-electron chi connectivity index (χ4n) is 4.78. The molecule has 4 amide bonds. The second-order valence-electron chi connectivity index (χ2n) is 7.75. The molecule has 1 aromatic rings. The molecule has 2 N–H and O–H groups in total. The van der Waals surface area contributed by atoms with Crippen molar-refractivity contribution >= 4 is 29.3 Å². The zero-order chi connectivity index (χ0) is 19.6. The molecule has 5 aliphatic rings. The van der Waals surface area contributed by atoms with Gasteiger partial charge in [0.25, 0.3) is 11.8 Å². The Morgan fingerprint density at radius 3 is 2.43 bits per heavy atom. The predicted octanol–water partition coefficient (Wildman–Crippen LogP) is 0.168. The summed E-state index contributed by atoms with van der Waals surface area (Å²) < 4.78 is 14.6. The van der Waals surface area contributed by atoms with E-state index in [1.54, 1.807) is 6.07 Å². The highest BCUT2D eigenvalue weighted by atomic mass is 19.1. The van der Waals surface area contributed by atoms with Gasteiger partial charge < -0.3 is 10.2 Å². The van der Waals surface area contributed by atoms with E-state index < -0.39 is 35.5 Å². The highest BCUT2D eigenvalue weighted by molar-refractivity contribution is 6.25. The van der Waals surface area contributed by atoms with Crippen LogP contribution in [0, 0.1) is 5.82 Å². The molecule has 0 aliphatic carbocycles. The summed E-state index contributed by atoms with van der Waals surface area (Å²) in [6, 6.07) is 2.13. The van der Waals surface area contributed by atoms with Crippen molar-refractivity contribution in [3.8, 4) is 0 Å². The molecule has 3 atom stereocenters. The third-order valence-electron chi connectivity index (χ3n) is 6.18. The number of hydrogen-bond acceptors (Lipinski definition) is 6. The van der Waals surface area contributed by atoms with Crippen molar-refractivity contribution in [2.24, 2.45) is 0 Å². The molecule has 5 heterocycles. The summed E-state index contributed by atoms with van der Waals surface area (Å²) in [6.45, 7) is 1.46. The molecule has 146 valence electrons. The summed E-state index contributed by atoms with van der Waals surface area (Å²) in [4.78, 5) is 52.6. The van der Waals surface area contributed by atoms with Gasteiger partial charge in [0.15, 0.2) is 0 Å². The summed E-state index contributed by atoms with van der Waals surface area (Å²) >= 11 is 0. The van der Waals surface area contributed by atoms with Gasteiger partial charge in [-0.25, -0.2) is 4.39 Å². The van der Waals surface area contributed by atoms with Crippen LogP contribution in [-0.2, 0) is 9.59 Å². The molecular weight excluding hydrogens is 367 g/mol. The first-order chi connectivity index (χ1) is 13.5. The number of nitrogens with zero attached hydrogens (tertiary/aromatic N) is 2. The number of piperidine rings is 3. The second-order valence-corrected chi connectivity index (χ2v) is 7.75. The van der Waals surface area contributed by atoms with Crippen LogP contribution in [0.1, 0.15) is 46.4 Å². The fraction of sp³-hybridized carbons (Fsp3) is 0.474. The van der Waals surface area contributed by atoms with Gasteiger partial charge in [-0.1, -0.05) is 0 Å². The van der Waals surface area contributed by atoms with E-state index in [9.17, 15) is 23.6 Å². The van der Waals surface area contributed by atoms with E-state index in [-0.39, 0.29) is 30.0 Å². The number of nitrogens with one attached hydrogen (secondary N) is 2. The minimum atomic E-state index is -1.10. The normalized spacial score (nSPS) is 29.4. The maximum absolute atomic E-state index is 14.6. The molecule has 9 heteroatoms. The number of amides is 4. The van der Waals surface area contributed by atoms with Crippen LogP contribution in [0.3, 0.4) is 0 Å². The van der Waals surface area contributed by atoms with Crippen LogP contribution >= 0.6 is 0 Å². The third kappa shape index (κ3) is 2.39. The van der Waals surface area contributed by atoms with Crippen molar-refractivity contribution < 1.29 is 23.6 Å². The van der Waals surface area contributed by atoms with E-state index in [4.69, 9.17) is 0 Å². The van der Waals surface area contributed by atoms with Crippen molar-refractivity contribution in [3.05, 3.63) is 29.1 Å². The number of benzene rings is 1. The van der Waals surface area contributed by atoms with Crippen LogP contribution in [0.25, 0.3) is 0 Å². The smallest absolute Gasteiger partial charge is 0.265 e. The molecule has 2 bridgehead atoms. The molecule has 6 rings (SSSR count). The number of fused-ring (bicyclic) bond motifs is 4. The molecule has 4 fully saturated rings. The molecule has 0 radical (unpaired) electrons. The van der Waals surface area contributed by atoms with E-state index in [1.165, 1.54) is 6.07 Å². The topological polar surface area (TPSA) is 98.8 Å². The summed E-state index contributed by atoms with van der Waals surface area (Å²) in [7, 11) is 0. The third-order valence-corrected chi connectivity index (χ3v) is 6.18. The van der Waals surface area contributed by atoms with Gasteiger partial charge in [0.2, 0.25) is 11.8 Å². The van der Waals surface area contributed by atoms with Gasteiger partial charge in [0.05, 0.1) is 16.8 Å². The minimum Gasteiger partial charge on any atom is -0.365 e. The Hall–Kier alpha value is -2.81. The highest BCUT2D eigenvalue weighted by Gasteiger charge is 2.48. The van der Waals surface area contributed by atoms with Crippen LogP contribution in [0.4, 0.5) is 10.1 Å². The largest absolute Gasteiger partial charge is 0.365 e. The Bertz CT molecular complexity index is 925. The van der Waals surface area contributed by atoms with Crippen LogP contribution in [-0.4, -0.2) is 59.7 Å². The Balaban J connectivity index is 1.56. The van der Waals surface area contributed by atoms with Gasteiger partial charge in [-0.2, -0.15) is 0 Å². The fourth-order valence-corrected chi connectivity index (χ4v) is 4.78. The number of hydrogen-bond donors (Lipinski definition) is 2. The summed E-state index contributed by atoms with van der Waals surface area (Å²) in [5, 5.41) is 5.58. The molecule has 1 aromatic carbocycles. The second kappa shape index (κ2) is 6.10. The SMILES string of the molecule is O=C1CCC(N2C(=O)c3c(F)ccc(N4CC5CCC4CN5)c3C2=O)C(=O)N1. The van der Waals surface area contributed by atoms with Crippen LogP contribution in [0.15, 0.2) is 12.1 Å². The monoisotopic (exact) mass is 386 g/mol. The number of carbonyl (C=O) groups is 4. The molecule has 8 nitrogen and oxygen atoms in total. The number of anilines is 1. The number of piperazine rings is 1. The van der Waals surface area contributed by atoms with E-state index >= 15 is 0 Å². The highest BCUT2D eigenvalue weighted by Crippen LogP contribution is 2.38. The van der Waals surface area contributed by atoms with Gasteiger partial charge >= 0.3 is 0 Å². The van der Waals surface area contributed by atoms with Crippen molar-refractivity contribution in [2.75, 3.05) is 18.0 Å². The first-order valence-corrected chi connectivity index (χ1v) is 9.50. The first kappa shape index (κ1) is 17.3. The lowest BCUT2D eigenvalue weighted by atomic mass is 9.91. The average Bonchev–Trinajstić information content (AvgIpc) is 2.95. The summed E-state index contributed by atoms with van der Waals surface area (Å²) in [5.41, 5.74) is 0.296. The van der Waals surface area contributed by atoms with Crippen molar-refractivity contribution in [1.82, 2.24) is 15.5 Å². The van der Waals surface area contributed by atoms with E-state index in [2.05, 4.69) is 15.5 Å². The average molecular weight is 386 g/mol. The van der Waals surface area contributed by atoms with Gasteiger partial charge in [-0.15, -0.1) is 0 Å². The molecule has 3 unspecified atom stereocenters. The first-order valence-electron chi connectivity index (χ1n) is 9.50. The summed E-state index contributed by atoms with van der Waals surface area (Å²) in [5.74, 6) is -3.39. The molecule has 4 saturated heterocycles. The van der Waals surface area contributed by atoms with Crippen LogP contribution < -0.4 is 15.5 Å². The standard InChI is InChI=1S/C19H19FN4O4/c20-11-3-4-12(23-8-9-1-2-10(23)7-21-9)16-15(11)18(27)24(19(16)28)13-5-6-14(25)22-17(13)26/h3-4,9-10,13,21H,1-2,5-8H2,(H,22,25,26). The van der Waals surface area contributed by atoms with Crippen LogP contribution in [0.2, 0.25) is 0 Å². The molecular formula is C19H19FN4O4. The Morgan fingerprint density at radius 1 is 1.00 bits per heavy atom. The zero-order valence-electron chi connectivity index (χ0n) is 15.0. The summed E-state index contributed by atoms with van der Waals surface area (Å²) in [6.07, 6.45) is 2.08. The van der Waals surface area contributed by atoms with Crippen LogP contribution in [0.5, 0.6) is 0 Å². The Kier molecular flexibility index (Phi) is 3.77. The predicted molar refractivity (Wildman–Crippen MR) is 95.2 cm³/mol. The maximum Gasteiger partial charge on any atom is 0.265 e. The van der Waals surface area contributed by atoms with Gasteiger partial charge in [-0.05, 0) is 31.4 Å². The lowest BCUT2D eigenvalue weighted by molar-refractivity contribution is -0.136. The Labute approximate surface area is 160 Å². The van der Waals surface area contributed by atoms with E-state index in [1.807, 2.05) is 0 Å². The van der Waals surface area contributed by atoms with Crippen molar-refractivity contribution in [1.29, 1.82) is 0 Å². The molecule has 28 heavy (non-hydrogen) atoms. The van der Waals surface area contributed by atoms with Gasteiger partial charge in [0.1, 0.15) is 11.9 Å². The minimum absolute atomic E-state index is 0.0285. The van der Waals surface area contributed by atoms with E-state index in [0.29, 0.717) is 18.3 Å². The quantitative estimate of drug-likeness (QED) is 0.703. The van der Waals surface area contributed by atoms with E-state index in [0.717, 1.165) is 24.3 Å². The van der Waals surface area contributed by atoms with Gasteiger partial charge in [0, 0.05) is 31.6 Å².